The Morgan fingerprint density at radius 3 is 1.62 bits per heavy atom. The fourth-order valence-electron chi connectivity index (χ4n) is 10.4. The van der Waals surface area contributed by atoms with Gasteiger partial charge in [-0.1, -0.05) is 0 Å². The third kappa shape index (κ3) is 6.96. The van der Waals surface area contributed by atoms with E-state index in [2.05, 4.69) is 73.4 Å². The third-order valence-electron chi connectivity index (χ3n) is 13.6. The van der Waals surface area contributed by atoms with Crippen LogP contribution in [-0.2, 0) is 16.1 Å². The zero-order valence-corrected chi connectivity index (χ0v) is 37.8. The van der Waals surface area contributed by atoms with Crippen molar-refractivity contribution in [2.75, 3.05) is 0 Å². The summed E-state index contributed by atoms with van der Waals surface area (Å²) in [4.78, 5) is 0. The van der Waals surface area contributed by atoms with Crippen molar-refractivity contribution in [3.8, 4) is 33.4 Å². The zero-order valence-electron chi connectivity index (χ0n) is 36.1. The minimum atomic E-state index is -2.44. The SMILES string of the molecule is CCCC[Se]1(C)Cc2c(C3=CCC(C)(c4c(C)c(F)c(F)c(F)c4C)C=C3)cc3ccccc3c2-c2c(c(-c3ccc(-c4c(C)c(F)c(F)c(F)c4F)cc3)cc3ccccc23)C1. The molecule has 0 bridgehead atoms. The summed E-state index contributed by atoms with van der Waals surface area (Å²) < 4.78 is 103. The van der Waals surface area contributed by atoms with Crippen LogP contribution in [0.25, 0.3) is 60.5 Å². The molecule has 8 heteroatoms. The van der Waals surface area contributed by atoms with Crippen LogP contribution in [-0.4, -0.2) is 12.8 Å². The molecule has 0 nitrogen and oxygen atoms in total. The Morgan fingerprint density at radius 1 is 0.571 bits per heavy atom. The second-order valence-electron chi connectivity index (χ2n) is 17.8. The molecule has 0 amide bonds. The molecule has 7 aromatic rings. The second kappa shape index (κ2) is 16.0. The summed E-state index contributed by atoms with van der Waals surface area (Å²) in [5, 5.41) is 7.29. The van der Waals surface area contributed by atoms with Crippen molar-refractivity contribution in [2.24, 2.45) is 0 Å². The topological polar surface area (TPSA) is 0 Å². The molecule has 0 saturated heterocycles. The van der Waals surface area contributed by atoms with Gasteiger partial charge in [-0.05, 0) is 0 Å². The van der Waals surface area contributed by atoms with Crippen molar-refractivity contribution >= 4 is 40.0 Å². The van der Waals surface area contributed by atoms with Crippen molar-refractivity contribution in [2.45, 2.75) is 81.1 Å². The quantitative estimate of drug-likeness (QED) is 0.0647. The van der Waals surface area contributed by atoms with Crippen LogP contribution < -0.4 is 0 Å². The number of halogens is 7. The van der Waals surface area contributed by atoms with Crippen LogP contribution in [0.5, 0.6) is 0 Å². The number of fused-ring (bicyclic) bond motifs is 7. The third-order valence-corrected chi connectivity index (χ3v) is 20.4. The van der Waals surface area contributed by atoms with Crippen molar-refractivity contribution in [3.63, 3.8) is 0 Å². The molecule has 2 atom stereocenters. The van der Waals surface area contributed by atoms with E-state index >= 15 is 13.2 Å². The molecule has 1 aliphatic carbocycles. The molecule has 9 rings (SSSR count). The van der Waals surface area contributed by atoms with Gasteiger partial charge in [-0.15, -0.1) is 0 Å². The van der Waals surface area contributed by atoms with E-state index in [0.717, 1.165) is 78.2 Å². The van der Waals surface area contributed by atoms with Gasteiger partial charge in [0.05, 0.1) is 0 Å². The van der Waals surface area contributed by atoms with E-state index in [-0.39, 0.29) is 27.8 Å². The molecule has 2 aliphatic rings. The molecular weight excluding hydrogens is 873 g/mol. The molecule has 0 saturated carbocycles. The van der Waals surface area contributed by atoms with E-state index in [1.54, 1.807) is 12.1 Å². The van der Waals surface area contributed by atoms with Crippen LogP contribution in [0.2, 0.25) is 11.1 Å². The molecule has 0 fully saturated rings. The molecule has 1 heterocycles. The number of rotatable bonds is 7. The van der Waals surface area contributed by atoms with Crippen LogP contribution in [0.4, 0.5) is 30.7 Å². The van der Waals surface area contributed by atoms with Gasteiger partial charge < -0.3 is 0 Å². The second-order valence-corrected chi connectivity index (χ2v) is 26.1. The van der Waals surface area contributed by atoms with Gasteiger partial charge in [0.1, 0.15) is 0 Å². The van der Waals surface area contributed by atoms with Crippen LogP contribution in [0.15, 0.2) is 103 Å². The maximum atomic E-state index is 15.2. The van der Waals surface area contributed by atoms with Crippen LogP contribution in [0.1, 0.15) is 72.1 Å². The maximum absolute atomic E-state index is 15.2. The number of allylic oxidation sites excluding steroid dienone is 4. The summed E-state index contributed by atoms with van der Waals surface area (Å²) in [6.45, 7) is 8.45. The molecule has 0 spiro atoms. The van der Waals surface area contributed by atoms with E-state index in [0.29, 0.717) is 12.0 Å². The Morgan fingerprint density at radius 2 is 1.06 bits per heavy atom. The first-order valence-electron chi connectivity index (χ1n) is 21.4. The van der Waals surface area contributed by atoms with E-state index in [4.69, 9.17) is 0 Å². The van der Waals surface area contributed by atoms with E-state index < -0.39 is 59.0 Å². The van der Waals surface area contributed by atoms with E-state index in [1.807, 2.05) is 37.3 Å². The zero-order chi connectivity index (χ0) is 44.7. The Bertz CT molecular complexity index is 3050. The number of unbranched alkanes of at least 4 members (excludes halogenated alkanes) is 1. The first kappa shape index (κ1) is 42.9. The Labute approximate surface area is 366 Å². The molecule has 322 valence electrons. The van der Waals surface area contributed by atoms with E-state index in [1.165, 1.54) is 37.5 Å². The Hall–Kier alpha value is -5.43. The first-order valence-corrected chi connectivity index (χ1v) is 26.7. The minimum absolute atomic E-state index is 0.114. The van der Waals surface area contributed by atoms with Crippen LogP contribution in [0, 0.1) is 61.5 Å². The molecule has 63 heavy (non-hydrogen) atoms. The van der Waals surface area contributed by atoms with Crippen molar-refractivity contribution in [3.05, 3.63) is 183 Å². The van der Waals surface area contributed by atoms with Gasteiger partial charge >= 0.3 is 368 Å². The van der Waals surface area contributed by atoms with Gasteiger partial charge in [-0.3, -0.25) is 0 Å². The summed E-state index contributed by atoms with van der Waals surface area (Å²) in [5.74, 6) is -7.73. The predicted molar refractivity (Wildman–Crippen MR) is 246 cm³/mol. The van der Waals surface area contributed by atoms with Crippen LogP contribution in [0.3, 0.4) is 0 Å². The predicted octanol–water partition coefficient (Wildman–Crippen LogP) is 16.2. The summed E-state index contributed by atoms with van der Waals surface area (Å²) in [5.41, 5.74) is 8.45. The van der Waals surface area contributed by atoms with Gasteiger partial charge in [0, 0.05) is 0 Å². The van der Waals surface area contributed by atoms with Gasteiger partial charge in [-0.2, -0.15) is 0 Å². The molecule has 0 aromatic heterocycles. The summed E-state index contributed by atoms with van der Waals surface area (Å²) >= 11 is -2.44. The standard InChI is InChI=1S/C55H47F7Se/c1-7-8-25-63(6)28-42-40(33-17-19-35(20-18-33)44-30(2)48(56)53(61)54(62)51(44)59)26-36-13-9-11-15-38(36)45(42)46-39-16-12-10-14-37(39)27-41(43(46)29-63)34-21-23-55(5,24-22-34)47-31(3)49(57)52(60)50(58)32(47)4/h9-23,26-27H,7-8,24-25,28-29H2,1-6H3. The molecule has 0 N–H and O–H groups in total. The Kier molecular flexibility index (Phi) is 10.9. The average molecular weight is 920 g/mol. The molecule has 0 radical (unpaired) electrons. The number of hydrogen-bond acceptors (Lipinski definition) is 0. The van der Waals surface area contributed by atoms with Gasteiger partial charge in [-0.25, -0.2) is 0 Å². The fourth-order valence-corrected chi connectivity index (χ4v) is 17.4. The number of benzene rings is 7. The van der Waals surface area contributed by atoms with Crippen molar-refractivity contribution in [1.82, 2.24) is 0 Å². The van der Waals surface area contributed by atoms with Gasteiger partial charge in [0.15, 0.2) is 0 Å². The summed E-state index contributed by atoms with van der Waals surface area (Å²) in [6.07, 6.45) is 8.86. The monoisotopic (exact) mass is 920 g/mol. The molecule has 2 unspecified atom stereocenters. The summed E-state index contributed by atoms with van der Waals surface area (Å²) in [6, 6.07) is 28.4. The molecular formula is C55H47F7Se. The Balaban J connectivity index is 1.28. The summed E-state index contributed by atoms with van der Waals surface area (Å²) in [7, 11) is 0. The van der Waals surface area contributed by atoms with E-state index in [9.17, 15) is 17.6 Å². The molecule has 1 aliphatic heterocycles. The normalized spacial score (nSPS) is 19.4. The average Bonchev–Trinajstić information content (AvgIpc) is 3.43. The van der Waals surface area contributed by atoms with Crippen molar-refractivity contribution in [1.29, 1.82) is 0 Å². The fraction of sp³-hybridized carbons (Fsp3) is 0.236. The molecule has 7 aromatic carbocycles. The first-order chi connectivity index (χ1) is 30.1. The van der Waals surface area contributed by atoms with Gasteiger partial charge in [0.2, 0.25) is 0 Å². The van der Waals surface area contributed by atoms with Gasteiger partial charge in [0.25, 0.3) is 0 Å². The van der Waals surface area contributed by atoms with Crippen molar-refractivity contribution < 1.29 is 30.7 Å². The number of hydrogen-bond donors (Lipinski definition) is 0. The van der Waals surface area contributed by atoms with Crippen LogP contribution >= 0.6 is 0 Å².